The Balaban J connectivity index is 1.43. The molecule has 5 nitrogen and oxygen atoms in total. The van der Waals surface area contributed by atoms with Crippen LogP contribution in [0.5, 0.6) is 0 Å². The lowest BCUT2D eigenvalue weighted by molar-refractivity contribution is -0.138. The third-order valence-electron chi connectivity index (χ3n) is 4.93. The highest BCUT2D eigenvalue weighted by Crippen LogP contribution is 2.23. The van der Waals surface area contributed by atoms with Crippen LogP contribution >= 0.6 is 0 Å². The van der Waals surface area contributed by atoms with Crippen molar-refractivity contribution in [3.63, 3.8) is 0 Å². The minimum Gasteiger partial charge on any atom is -0.369 e. The minimum atomic E-state index is -0.287. The zero-order valence-corrected chi connectivity index (χ0v) is 13.1. The highest BCUT2D eigenvalue weighted by Gasteiger charge is 2.36. The van der Waals surface area contributed by atoms with E-state index in [0.29, 0.717) is 12.5 Å². The summed E-state index contributed by atoms with van der Waals surface area (Å²) in [5.74, 6) is -0.402. The van der Waals surface area contributed by atoms with Gasteiger partial charge in [0.05, 0.1) is 6.42 Å². The number of likely N-dealkylation sites (tertiary alicyclic amines) is 2. The fourth-order valence-electron chi connectivity index (χ4n) is 3.33. The Kier molecular flexibility index (Phi) is 4.61. The molecule has 1 aromatic carbocycles. The largest absolute Gasteiger partial charge is 0.369 e. The average Bonchev–Trinajstić information content (AvgIpc) is 2.48. The van der Waals surface area contributed by atoms with E-state index >= 15 is 0 Å². The van der Waals surface area contributed by atoms with E-state index < -0.39 is 0 Å². The number of nitrogens with two attached hydrogens (primary N) is 1. The minimum absolute atomic E-state index is 0.00235. The summed E-state index contributed by atoms with van der Waals surface area (Å²) in [4.78, 5) is 27.6. The number of amides is 2. The summed E-state index contributed by atoms with van der Waals surface area (Å²) in [7, 11) is 0. The Bertz CT molecular complexity index is 576. The Hall–Kier alpha value is -1.95. The van der Waals surface area contributed by atoms with Crippen LogP contribution in [0.25, 0.3) is 0 Å². The highest BCUT2D eigenvalue weighted by molar-refractivity contribution is 5.79. The molecule has 2 fully saturated rings. The summed E-state index contributed by atoms with van der Waals surface area (Å²) in [6.45, 7) is 3.22. The molecule has 23 heavy (non-hydrogen) atoms. The van der Waals surface area contributed by atoms with E-state index in [-0.39, 0.29) is 23.5 Å². The van der Waals surface area contributed by atoms with E-state index in [1.54, 1.807) is 12.1 Å². The third kappa shape index (κ3) is 3.69. The standard InChI is InChI=1S/C17H22FN3O2/c18-14-3-1-12(2-4-14)9-16(22)21-10-15(11-21)20-7-5-13(6-8-20)17(19)23/h1-4,13,15H,5-11H2,(H2,19,23). The van der Waals surface area contributed by atoms with Crippen LogP contribution in [0.1, 0.15) is 18.4 Å². The number of benzene rings is 1. The van der Waals surface area contributed by atoms with Crippen LogP contribution in [-0.2, 0) is 16.0 Å². The maximum Gasteiger partial charge on any atom is 0.227 e. The van der Waals surface area contributed by atoms with Crippen molar-refractivity contribution in [3.05, 3.63) is 35.6 Å². The van der Waals surface area contributed by atoms with Crippen LogP contribution in [0, 0.1) is 11.7 Å². The molecule has 2 aliphatic heterocycles. The molecule has 0 saturated carbocycles. The molecule has 2 N–H and O–H groups in total. The molecule has 2 saturated heterocycles. The van der Waals surface area contributed by atoms with Gasteiger partial charge in [0, 0.05) is 25.0 Å². The van der Waals surface area contributed by atoms with Crippen molar-refractivity contribution in [3.8, 4) is 0 Å². The molecule has 0 aromatic heterocycles. The summed E-state index contributed by atoms with van der Waals surface area (Å²) < 4.78 is 12.9. The molecule has 2 amide bonds. The molecule has 6 heteroatoms. The molecule has 0 aliphatic carbocycles. The van der Waals surface area contributed by atoms with Crippen molar-refractivity contribution in [2.45, 2.75) is 25.3 Å². The van der Waals surface area contributed by atoms with Gasteiger partial charge in [0.1, 0.15) is 5.82 Å². The predicted molar refractivity (Wildman–Crippen MR) is 84.0 cm³/mol. The van der Waals surface area contributed by atoms with Crippen molar-refractivity contribution < 1.29 is 14.0 Å². The van der Waals surface area contributed by atoms with Gasteiger partial charge in [0.2, 0.25) is 11.8 Å². The van der Waals surface area contributed by atoms with Crippen molar-refractivity contribution in [1.29, 1.82) is 0 Å². The van der Waals surface area contributed by atoms with Gasteiger partial charge in [-0.2, -0.15) is 0 Å². The van der Waals surface area contributed by atoms with Crippen molar-refractivity contribution >= 4 is 11.8 Å². The monoisotopic (exact) mass is 319 g/mol. The van der Waals surface area contributed by atoms with E-state index in [2.05, 4.69) is 4.90 Å². The van der Waals surface area contributed by atoms with Gasteiger partial charge >= 0.3 is 0 Å². The van der Waals surface area contributed by atoms with Gasteiger partial charge in [0.15, 0.2) is 0 Å². The maximum absolute atomic E-state index is 12.9. The second-order valence-electron chi connectivity index (χ2n) is 6.47. The number of hydrogen-bond acceptors (Lipinski definition) is 3. The van der Waals surface area contributed by atoms with Crippen LogP contribution in [-0.4, -0.2) is 53.8 Å². The Morgan fingerprint density at radius 1 is 1.13 bits per heavy atom. The lowest BCUT2D eigenvalue weighted by atomic mass is 9.93. The van der Waals surface area contributed by atoms with Crippen LogP contribution < -0.4 is 5.73 Å². The van der Waals surface area contributed by atoms with E-state index in [0.717, 1.165) is 44.6 Å². The van der Waals surface area contributed by atoms with Gasteiger partial charge in [-0.15, -0.1) is 0 Å². The normalized spacial score (nSPS) is 20.3. The molecule has 0 unspecified atom stereocenters. The molecule has 0 spiro atoms. The van der Waals surface area contributed by atoms with Gasteiger partial charge < -0.3 is 10.6 Å². The molecule has 124 valence electrons. The number of carbonyl (C=O) groups is 2. The smallest absolute Gasteiger partial charge is 0.227 e. The van der Waals surface area contributed by atoms with Crippen LogP contribution in [0.2, 0.25) is 0 Å². The topological polar surface area (TPSA) is 66.6 Å². The summed E-state index contributed by atoms with van der Waals surface area (Å²) in [5.41, 5.74) is 6.18. The Morgan fingerprint density at radius 3 is 2.30 bits per heavy atom. The second kappa shape index (κ2) is 6.66. The van der Waals surface area contributed by atoms with Crippen molar-refractivity contribution in [1.82, 2.24) is 9.80 Å². The molecule has 0 radical (unpaired) electrons. The zero-order valence-electron chi connectivity index (χ0n) is 13.1. The molecule has 2 aliphatic rings. The third-order valence-corrected chi connectivity index (χ3v) is 4.93. The van der Waals surface area contributed by atoms with Crippen LogP contribution in [0.4, 0.5) is 4.39 Å². The number of primary amides is 1. The summed E-state index contributed by atoms with van der Waals surface area (Å²) in [6, 6.07) is 6.45. The first-order valence-electron chi connectivity index (χ1n) is 8.08. The maximum atomic E-state index is 12.9. The van der Waals surface area contributed by atoms with Gasteiger partial charge in [-0.05, 0) is 43.6 Å². The van der Waals surface area contributed by atoms with Crippen molar-refractivity contribution in [2.75, 3.05) is 26.2 Å². The molecule has 3 rings (SSSR count). The van der Waals surface area contributed by atoms with Gasteiger partial charge in [0.25, 0.3) is 0 Å². The molecule has 1 aromatic rings. The number of hydrogen-bond donors (Lipinski definition) is 1. The van der Waals surface area contributed by atoms with E-state index in [1.807, 2.05) is 4.90 Å². The number of halogens is 1. The first kappa shape index (κ1) is 15.9. The molecular weight excluding hydrogens is 297 g/mol. The summed E-state index contributed by atoms with van der Waals surface area (Å²) >= 11 is 0. The highest BCUT2D eigenvalue weighted by atomic mass is 19.1. The lowest BCUT2D eigenvalue weighted by Gasteiger charge is -2.47. The quantitative estimate of drug-likeness (QED) is 0.892. The summed E-state index contributed by atoms with van der Waals surface area (Å²) in [6.07, 6.45) is 1.95. The van der Waals surface area contributed by atoms with Crippen molar-refractivity contribution in [2.24, 2.45) is 11.7 Å². The van der Waals surface area contributed by atoms with Gasteiger partial charge in [-0.1, -0.05) is 12.1 Å². The number of carbonyl (C=O) groups excluding carboxylic acids is 2. The van der Waals surface area contributed by atoms with Crippen LogP contribution in [0.15, 0.2) is 24.3 Å². The van der Waals surface area contributed by atoms with E-state index in [4.69, 9.17) is 5.73 Å². The predicted octanol–water partition coefficient (Wildman–Crippen LogP) is 0.776. The molecular formula is C17H22FN3O2. The molecule has 0 bridgehead atoms. The van der Waals surface area contributed by atoms with Gasteiger partial charge in [-0.3, -0.25) is 14.5 Å². The van der Waals surface area contributed by atoms with Gasteiger partial charge in [-0.25, -0.2) is 4.39 Å². The average molecular weight is 319 g/mol. The molecule has 0 atom stereocenters. The first-order valence-corrected chi connectivity index (χ1v) is 8.08. The number of rotatable bonds is 4. The first-order chi connectivity index (χ1) is 11.0. The fraction of sp³-hybridized carbons (Fsp3) is 0.529. The second-order valence-corrected chi connectivity index (χ2v) is 6.47. The van der Waals surface area contributed by atoms with Crippen LogP contribution in [0.3, 0.4) is 0 Å². The fourth-order valence-corrected chi connectivity index (χ4v) is 3.33. The zero-order chi connectivity index (χ0) is 16.4. The Labute approximate surface area is 135 Å². The Morgan fingerprint density at radius 2 is 1.74 bits per heavy atom. The molecule has 2 heterocycles. The SMILES string of the molecule is NC(=O)C1CCN(C2CN(C(=O)Cc3ccc(F)cc3)C2)CC1. The number of piperidine rings is 1. The number of nitrogens with zero attached hydrogens (tertiary/aromatic N) is 2. The van der Waals surface area contributed by atoms with E-state index in [9.17, 15) is 14.0 Å². The summed E-state index contributed by atoms with van der Waals surface area (Å²) in [5, 5.41) is 0. The lowest BCUT2D eigenvalue weighted by Crippen LogP contribution is -2.62. The van der Waals surface area contributed by atoms with E-state index in [1.165, 1.54) is 12.1 Å².